The molecule has 1 spiro atoms. The lowest BCUT2D eigenvalue weighted by Crippen LogP contribution is -2.71. The number of hydrogen-bond donors (Lipinski definition) is 6. The topological polar surface area (TPSA) is 273 Å². The van der Waals surface area contributed by atoms with Crippen molar-refractivity contribution in [2.24, 2.45) is 0 Å². The largest absolute Gasteiger partial charge is 0.493 e. The van der Waals surface area contributed by atoms with Gasteiger partial charge in [-0.1, -0.05) is 6.07 Å². The molecular weight excluding hydrogens is 658 g/mol. The summed E-state index contributed by atoms with van der Waals surface area (Å²) in [5, 5.41) is 59.0. The Bertz CT molecular complexity index is 1570. The summed E-state index contributed by atoms with van der Waals surface area (Å²) in [6.07, 6.45) is -12.0. The average Bonchev–Trinajstić information content (AvgIpc) is 3.40. The SMILES string of the molecule is COc1ccc(C)c2c1O[C@H]1C(OC(=O)C[C@H](OC(=O)[C@H](O)[C@@H](O)C(=O)O)C(=O)O[C@H](CC(=O)O)C(=O)O)=CC[C@@]3(O)[C@@H](C)N(C)CC[C@]213. The first kappa shape index (κ1) is 37.0. The van der Waals surface area contributed by atoms with Gasteiger partial charge in [-0.3, -0.25) is 9.59 Å². The fraction of sp³-hybridized carbons (Fsp3) is 0.548. The van der Waals surface area contributed by atoms with Crippen molar-refractivity contribution < 1.29 is 83.1 Å². The van der Waals surface area contributed by atoms with Crippen LogP contribution in [0, 0.1) is 6.92 Å². The van der Waals surface area contributed by atoms with Crippen LogP contribution in [0.15, 0.2) is 24.0 Å². The Balaban J connectivity index is 1.67. The van der Waals surface area contributed by atoms with E-state index in [0.717, 1.165) is 5.56 Å². The molecule has 2 aliphatic heterocycles. The lowest BCUT2D eigenvalue weighted by Gasteiger charge is -2.58. The fourth-order valence-electron chi connectivity index (χ4n) is 6.68. The van der Waals surface area contributed by atoms with Crippen molar-refractivity contribution in [2.45, 2.75) is 87.1 Å². The molecule has 4 rings (SSSR count). The number of rotatable bonds is 13. The van der Waals surface area contributed by atoms with Crippen LogP contribution in [-0.2, 0) is 48.4 Å². The number of carbonyl (C=O) groups is 6. The highest BCUT2D eigenvalue weighted by Gasteiger charge is 2.69. The average molecular weight is 696 g/mol. The van der Waals surface area contributed by atoms with E-state index in [0.29, 0.717) is 30.0 Å². The first-order valence-electron chi connectivity index (χ1n) is 15.0. The normalized spacial score (nSPS) is 26.6. The number of piperidine rings is 1. The number of fused-ring (bicyclic) bond motifs is 1. The number of carbonyl (C=O) groups excluding carboxylic acids is 3. The van der Waals surface area contributed by atoms with Gasteiger partial charge >= 0.3 is 35.8 Å². The smallest absolute Gasteiger partial charge is 0.348 e. The van der Waals surface area contributed by atoms with Gasteiger partial charge in [0, 0.05) is 18.0 Å². The van der Waals surface area contributed by atoms with Crippen molar-refractivity contribution in [3.63, 3.8) is 0 Å². The Kier molecular flexibility index (Phi) is 10.6. The maximum absolute atomic E-state index is 13.4. The van der Waals surface area contributed by atoms with Gasteiger partial charge in [-0.15, -0.1) is 0 Å². The zero-order chi connectivity index (χ0) is 36.6. The minimum Gasteiger partial charge on any atom is -0.493 e. The van der Waals surface area contributed by atoms with E-state index in [9.17, 15) is 49.2 Å². The van der Waals surface area contributed by atoms with E-state index in [1.807, 2.05) is 25.8 Å². The number of carboxylic acids is 3. The van der Waals surface area contributed by atoms with Crippen LogP contribution in [0.3, 0.4) is 0 Å². The Morgan fingerprint density at radius 1 is 0.980 bits per heavy atom. The highest BCUT2D eigenvalue weighted by molar-refractivity contribution is 5.90. The number of methoxy groups -OCH3 is 1. The zero-order valence-electron chi connectivity index (χ0n) is 26.9. The van der Waals surface area contributed by atoms with Crippen molar-refractivity contribution in [3.05, 3.63) is 35.1 Å². The van der Waals surface area contributed by atoms with Crippen LogP contribution in [0.1, 0.15) is 43.7 Å². The second-order valence-electron chi connectivity index (χ2n) is 12.1. The van der Waals surface area contributed by atoms with Gasteiger partial charge in [0.15, 0.2) is 29.8 Å². The molecule has 49 heavy (non-hydrogen) atoms. The number of likely N-dealkylation sites (N-methyl/N-ethyl adjacent to an activating group) is 1. The van der Waals surface area contributed by atoms with E-state index in [1.165, 1.54) is 13.2 Å². The highest BCUT2D eigenvalue weighted by Crippen LogP contribution is 2.62. The van der Waals surface area contributed by atoms with Crippen molar-refractivity contribution in [1.29, 1.82) is 0 Å². The third-order valence-electron chi connectivity index (χ3n) is 9.33. The second-order valence-corrected chi connectivity index (χ2v) is 12.1. The molecule has 0 unspecified atom stereocenters. The van der Waals surface area contributed by atoms with Gasteiger partial charge in [0.25, 0.3) is 0 Å². The molecule has 1 saturated heterocycles. The molecule has 1 aromatic rings. The number of benzene rings is 1. The molecule has 3 aliphatic rings. The van der Waals surface area contributed by atoms with E-state index in [-0.39, 0.29) is 12.2 Å². The number of aryl methyl sites for hydroxylation is 1. The molecule has 1 aliphatic carbocycles. The summed E-state index contributed by atoms with van der Waals surface area (Å²) >= 11 is 0. The van der Waals surface area contributed by atoms with Gasteiger partial charge in [0.05, 0.1) is 31.0 Å². The summed E-state index contributed by atoms with van der Waals surface area (Å²) < 4.78 is 27.0. The summed E-state index contributed by atoms with van der Waals surface area (Å²) in [7, 11) is 3.30. The molecule has 0 radical (unpaired) electrons. The summed E-state index contributed by atoms with van der Waals surface area (Å²) in [6.45, 7) is 4.20. The first-order valence-corrected chi connectivity index (χ1v) is 15.0. The number of esters is 3. The highest BCUT2D eigenvalue weighted by atomic mass is 16.6. The quantitative estimate of drug-likeness (QED) is 0.105. The van der Waals surface area contributed by atoms with Gasteiger partial charge in [0.2, 0.25) is 12.2 Å². The van der Waals surface area contributed by atoms with Gasteiger partial charge in [-0.25, -0.2) is 19.2 Å². The molecule has 2 heterocycles. The van der Waals surface area contributed by atoms with Crippen LogP contribution in [0.5, 0.6) is 11.5 Å². The summed E-state index contributed by atoms with van der Waals surface area (Å²) in [6, 6.07) is 3.08. The molecule has 18 heteroatoms. The minimum atomic E-state index is -2.76. The molecule has 0 amide bonds. The van der Waals surface area contributed by atoms with Crippen LogP contribution >= 0.6 is 0 Å². The Hall–Kier alpha value is -4.78. The molecular formula is C31H37NO17. The van der Waals surface area contributed by atoms with Gasteiger partial charge in [-0.2, -0.15) is 0 Å². The van der Waals surface area contributed by atoms with E-state index in [4.69, 9.17) is 29.2 Å². The van der Waals surface area contributed by atoms with Crippen molar-refractivity contribution in [2.75, 3.05) is 20.7 Å². The third kappa shape index (κ3) is 6.63. The Morgan fingerprint density at radius 2 is 1.63 bits per heavy atom. The second kappa shape index (κ2) is 14.0. The monoisotopic (exact) mass is 695 g/mol. The van der Waals surface area contributed by atoms with E-state index >= 15 is 0 Å². The summed E-state index contributed by atoms with van der Waals surface area (Å²) in [5.41, 5.74) is -1.18. The molecule has 0 aromatic heterocycles. The van der Waals surface area contributed by atoms with E-state index < -0.39 is 96.2 Å². The van der Waals surface area contributed by atoms with Crippen LogP contribution in [-0.4, -0.2) is 134 Å². The van der Waals surface area contributed by atoms with Crippen molar-refractivity contribution in [1.82, 2.24) is 4.90 Å². The zero-order valence-corrected chi connectivity index (χ0v) is 26.9. The van der Waals surface area contributed by atoms with E-state index in [2.05, 4.69) is 4.74 Å². The van der Waals surface area contributed by atoms with Crippen LogP contribution in [0.25, 0.3) is 0 Å². The van der Waals surface area contributed by atoms with Crippen LogP contribution in [0.2, 0.25) is 0 Å². The third-order valence-corrected chi connectivity index (χ3v) is 9.33. The lowest BCUT2D eigenvalue weighted by molar-refractivity contribution is -0.187. The number of hydrogen-bond acceptors (Lipinski definition) is 15. The van der Waals surface area contributed by atoms with Crippen molar-refractivity contribution >= 4 is 35.8 Å². The molecule has 1 aromatic carbocycles. The summed E-state index contributed by atoms with van der Waals surface area (Å²) in [4.78, 5) is 74.4. The number of ether oxygens (including phenoxy) is 5. The van der Waals surface area contributed by atoms with Crippen molar-refractivity contribution in [3.8, 4) is 11.5 Å². The van der Waals surface area contributed by atoms with Gasteiger partial charge in [0.1, 0.15) is 5.76 Å². The number of aliphatic carboxylic acids is 3. The first-order chi connectivity index (χ1) is 22.9. The number of carboxylic acid groups (broad SMARTS) is 3. The van der Waals surface area contributed by atoms with Crippen LogP contribution in [0.4, 0.5) is 0 Å². The number of aliphatic hydroxyl groups is 3. The number of likely N-dealkylation sites (tertiary alicyclic amines) is 1. The van der Waals surface area contributed by atoms with Crippen LogP contribution < -0.4 is 9.47 Å². The standard InChI is InChI=1S/C31H37NO17/c1-13-5-6-15(45-4)24-21(13)30-9-10-32(3)14(2)31(30,44)8-7-16(25(30)49-24)46-20(35)12-18(48-29(43)23(37)22(36)27(40)41)28(42)47-17(26(38)39)11-19(33)34/h5-7,14,17-18,22-23,25,36-37,44H,8-12H2,1-4H3,(H,33,34)(H,38,39)(H,40,41)/t14-,17-,18+,22-,23-,25+,30+,31-/m1/s1. The molecule has 0 saturated carbocycles. The summed E-state index contributed by atoms with van der Waals surface area (Å²) in [5.74, 6) is -9.98. The Labute approximate surface area is 278 Å². The fourth-order valence-corrected chi connectivity index (χ4v) is 6.68. The minimum absolute atomic E-state index is 0.0216. The molecule has 6 N–H and O–H groups in total. The molecule has 268 valence electrons. The van der Waals surface area contributed by atoms with Gasteiger partial charge in [-0.05, 0) is 51.6 Å². The molecule has 1 fully saturated rings. The maximum atomic E-state index is 13.4. The molecule has 18 nitrogen and oxygen atoms in total. The lowest BCUT2D eigenvalue weighted by atomic mass is 9.54. The van der Waals surface area contributed by atoms with Gasteiger partial charge < -0.3 is 59.2 Å². The number of aliphatic hydroxyl groups excluding tert-OH is 2. The molecule has 0 bridgehead atoms. The molecule has 8 atom stereocenters. The Morgan fingerprint density at radius 3 is 2.22 bits per heavy atom. The predicted molar refractivity (Wildman–Crippen MR) is 158 cm³/mol. The van der Waals surface area contributed by atoms with E-state index in [1.54, 1.807) is 12.1 Å². The predicted octanol–water partition coefficient (Wildman–Crippen LogP) is -1.13. The maximum Gasteiger partial charge on any atom is 0.348 e. The number of nitrogens with zero attached hydrogens (tertiary/aromatic N) is 1.